The number of aromatic amines is 2. The maximum Gasteiger partial charge on any atom is 0.349 e. The first-order chi connectivity index (χ1) is 15.7. The maximum absolute atomic E-state index is 13.2. The molecule has 0 radical (unpaired) electrons. The van der Waals surface area contributed by atoms with Gasteiger partial charge in [-0.25, -0.2) is 9.59 Å². The Morgan fingerprint density at radius 1 is 1.06 bits per heavy atom. The van der Waals surface area contributed by atoms with Crippen molar-refractivity contribution in [2.45, 2.75) is 63.4 Å². The molecule has 2 heterocycles. The standard InChI is InChI=1S/C26H30N2O4S/c1-15(2)18-12-19-20(28-25(31)27-19)13-22(18)33-23-21(29)14-26(16(3)4,32-24(23)30)11-10-17-8-6-5-7-9-17/h5-9,12-13,15-16,29H,10-11,14H2,1-4H3,(H2,27,28,31)/t26-/m0/s1. The highest BCUT2D eigenvalue weighted by Crippen LogP contribution is 2.44. The minimum absolute atomic E-state index is 0.0476. The summed E-state index contributed by atoms with van der Waals surface area (Å²) in [6.07, 6.45) is 1.68. The van der Waals surface area contributed by atoms with E-state index >= 15 is 0 Å². The van der Waals surface area contributed by atoms with Crippen molar-refractivity contribution in [3.05, 3.63) is 74.7 Å². The van der Waals surface area contributed by atoms with E-state index < -0.39 is 11.6 Å². The molecule has 1 aromatic heterocycles. The van der Waals surface area contributed by atoms with Gasteiger partial charge in [0.2, 0.25) is 0 Å². The zero-order chi connectivity index (χ0) is 23.8. The van der Waals surface area contributed by atoms with Gasteiger partial charge < -0.3 is 19.8 Å². The monoisotopic (exact) mass is 466 g/mol. The highest BCUT2D eigenvalue weighted by atomic mass is 32.2. The number of thioether (sulfide) groups is 1. The summed E-state index contributed by atoms with van der Waals surface area (Å²) in [5.74, 6) is -0.220. The number of carbonyl (C=O) groups is 1. The molecule has 0 amide bonds. The fourth-order valence-electron chi connectivity index (χ4n) is 4.33. The molecule has 3 aromatic rings. The van der Waals surface area contributed by atoms with Crippen molar-refractivity contribution in [2.24, 2.45) is 5.92 Å². The number of aliphatic hydroxyl groups is 1. The Morgan fingerprint density at radius 3 is 2.33 bits per heavy atom. The van der Waals surface area contributed by atoms with Gasteiger partial charge in [-0.15, -0.1) is 0 Å². The number of nitrogens with one attached hydrogen (secondary N) is 2. The molecule has 0 fully saturated rings. The summed E-state index contributed by atoms with van der Waals surface area (Å²) in [5, 5.41) is 11.0. The van der Waals surface area contributed by atoms with Gasteiger partial charge in [0.25, 0.3) is 0 Å². The molecule has 174 valence electrons. The van der Waals surface area contributed by atoms with Crippen molar-refractivity contribution in [2.75, 3.05) is 0 Å². The second-order valence-corrected chi connectivity index (χ2v) is 10.4. The minimum Gasteiger partial charge on any atom is -0.511 e. The average molecular weight is 467 g/mol. The molecule has 7 heteroatoms. The molecule has 0 saturated heterocycles. The summed E-state index contributed by atoms with van der Waals surface area (Å²) >= 11 is 1.21. The van der Waals surface area contributed by atoms with E-state index in [9.17, 15) is 14.7 Å². The number of ether oxygens (including phenoxy) is 1. The highest BCUT2D eigenvalue weighted by Gasteiger charge is 2.44. The number of esters is 1. The van der Waals surface area contributed by atoms with E-state index in [0.717, 1.165) is 22.4 Å². The van der Waals surface area contributed by atoms with Crippen LogP contribution in [-0.2, 0) is 16.0 Å². The molecule has 4 rings (SSSR count). The number of hydrogen-bond donors (Lipinski definition) is 3. The van der Waals surface area contributed by atoms with E-state index in [1.54, 1.807) is 0 Å². The number of H-pyrrole nitrogens is 2. The smallest absolute Gasteiger partial charge is 0.349 e. The summed E-state index contributed by atoms with van der Waals surface area (Å²) in [6.45, 7) is 8.15. The molecule has 0 spiro atoms. The fourth-order valence-corrected chi connectivity index (χ4v) is 5.45. The Labute approximate surface area is 197 Å². The molecule has 2 aromatic carbocycles. The van der Waals surface area contributed by atoms with Gasteiger partial charge in [-0.1, -0.05) is 69.8 Å². The lowest BCUT2D eigenvalue weighted by Gasteiger charge is -2.40. The van der Waals surface area contributed by atoms with Crippen molar-refractivity contribution >= 4 is 28.8 Å². The Hall–Kier alpha value is -2.93. The minimum atomic E-state index is -0.752. The SMILES string of the molecule is CC(C)c1cc2[nH]c(=O)[nH]c2cc1SC1=C(O)C[C@@](CCc2ccccc2)(C(C)C)OC1=O. The lowest BCUT2D eigenvalue weighted by molar-refractivity contribution is -0.164. The van der Waals surface area contributed by atoms with Crippen molar-refractivity contribution in [1.29, 1.82) is 0 Å². The molecule has 0 saturated carbocycles. The third-order valence-corrected chi connectivity index (χ3v) is 7.60. The number of aromatic nitrogens is 2. The zero-order valence-corrected chi connectivity index (χ0v) is 20.2. The fraction of sp³-hybridized carbons (Fsp3) is 0.385. The van der Waals surface area contributed by atoms with Crippen LogP contribution in [0.1, 0.15) is 57.6 Å². The second kappa shape index (κ2) is 9.14. The number of benzene rings is 2. The van der Waals surface area contributed by atoms with Crippen LogP contribution in [0.25, 0.3) is 11.0 Å². The average Bonchev–Trinajstić information content (AvgIpc) is 3.13. The van der Waals surface area contributed by atoms with Gasteiger partial charge in [0.05, 0.1) is 11.0 Å². The summed E-state index contributed by atoms with van der Waals surface area (Å²) in [5.41, 5.74) is 2.51. The number of imidazole rings is 1. The van der Waals surface area contributed by atoms with Crippen molar-refractivity contribution < 1.29 is 14.6 Å². The molecule has 0 bridgehead atoms. The van der Waals surface area contributed by atoms with Crippen molar-refractivity contribution in [3.8, 4) is 0 Å². The Kier molecular flexibility index (Phi) is 6.43. The first-order valence-electron chi connectivity index (χ1n) is 11.3. The predicted molar refractivity (Wildman–Crippen MR) is 132 cm³/mol. The van der Waals surface area contributed by atoms with Crippen molar-refractivity contribution in [1.82, 2.24) is 9.97 Å². The Balaban J connectivity index is 1.64. The number of aryl methyl sites for hydroxylation is 1. The number of carbonyl (C=O) groups excluding carboxylic acids is 1. The largest absolute Gasteiger partial charge is 0.511 e. The van der Waals surface area contributed by atoms with Gasteiger partial charge >= 0.3 is 11.7 Å². The van der Waals surface area contributed by atoms with Crippen molar-refractivity contribution in [3.63, 3.8) is 0 Å². The number of fused-ring (bicyclic) bond motifs is 1. The van der Waals surface area contributed by atoms with E-state index in [0.29, 0.717) is 11.9 Å². The first-order valence-corrected chi connectivity index (χ1v) is 12.1. The van der Waals surface area contributed by atoms with Crippen LogP contribution in [0.4, 0.5) is 0 Å². The topological polar surface area (TPSA) is 95.2 Å². The van der Waals surface area contributed by atoms with Crippen LogP contribution in [0.15, 0.2) is 62.8 Å². The molecular weight excluding hydrogens is 436 g/mol. The lowest BCUT2D eigenvalue weighted by Crippen LogP contribution is -2.44. The lowest BCUT2D eigenvalue weighted by atomic mass is 9.80. The van der Waals surface area contributed by atoms with Crippen LogP contribution in [0, 0.1) is 5.92 Å². The summed E-state index contributed by atoms with van der Waals surface area (Å²) in [6, 6.07) is 13.9. The second-order valence-electron chi connectivity index (χ2n) is 9.32. The normalized spacial score (nSPS) is 19.0. The molecule has 33 heavy (non-hydrogen) atoms. The van der Waals surface area contributed by atoms with Crippen LogP contribution in [0.5, 0.6) is 0 Å². The first kappa shape index (κ1) is 23.2. The number of aliphatic hydroxyl groups excluding tert-OH is 1. The molecule has 0 unspecified atom stereocenters. The van der Waals surface area contributed by atoms with Gasteiger partial charge in [0.1, 0.15) is 16.3 Å². The molecule has 1 atom stereocenters. The third kappa shape index (κ3) is 4.74. The van der Waals surface area contributed by atoms with Crippen LogP contribution in [0.3, 0.4) is 0 Å². The molecule has 6 nitrogen and oxygen atoms in total. The van der Waals surface area contributed by atoms with Gasteiger partial charge in [0.15, 0.2) is 0 Å². The molecule has 3 N–H and O–H groups in total. The van der Waals surface area contributed by atoms with Gasteiger partial charge in [0, 0.05) is 11.3 Å². The van der Waals surface area contributed by atoms with E-state index in [2.05, 4.69) is 35.9 Å². The summed E-state index contributed by atoms with van der Waals surface area (Å²) in [4.78, 5) is 31.5. The maximum atomic E-state index is 13.2. The van der Waals surface area contributed by atoms with E-state index in [1.165, 1.54) is 17.3 Å². The molecule has 0 aliphatic carbocycles. The van der Waals surface area contributed by atoms with E-state index in [1.807, 2.05) is 44.2 Å². The van der Waals surface area contributed by atoms with Crippen LogP contribution in [-0.4, -0.2) is 26.6 Å². The van der Waals surface area contributed by atoms with Crippen LogP contribution < -0.4 is 5.69 Å². The Morgan fingerprint density at radius 2 is 1.73 bits per heavy atom. The number of rotatable bonds is 7. The van der Waals surface area contributed by atoms with Gasteiger partial charge in [-0.2, -0.15) is 0 Å². The number of cyclic esters (lactones) is 1. The molecule has 1 aliphatic rings. The molecule has 1 aliphatic heterocycles. The predicted octanol–water partition coefficient (Wildman–Crippen LogP) is 5.82. The zero-order valence-electron chi connectivity index (χ0n) is 19.4. The Bertz CT molecular complexity index is 1260. The number of hydrogen-bond acceptors (Lipinski definition) is 5. The summed E-state index contributed by atoms with van der Waals surface area (Å²) in [7, 11) is 0. The van der Waals surface area contributed by atoms with E-state index in [-0.39, 0.29) is 34.6 Å². The summed E-state index contributed by atoms with van der Waals surface area (Å²) < 4.78 is 6.06. The van der Waals surface area contributed by atoms with Crippen LogP contribution in [0.2, 0.25) is 0 Å². The quantitative estimate of drug-likeness (QED) is 0.382. The van der Waals surface area contributed by atoms with Crippen LogP contribution >= 0.6 is 11.8 Å². The highest BCUT2D eigenvalue weighted by molar-refractivity contribution is 8.04. The van der Waals surface area contributed by atoms with E-state index in [4.69, 9.17) is 4.74 Å². The van der Waals surface area contributed by atoms with Gasteiger partial charge in [-0.05, 0) is 47.9 Å². The third-order valence-electron chi connectivity index (χ3n) is 6.42. The van der Waals surface area contributed by atoms with Gasteiger partial charge in [-0.3, -0.25) is 0 Å². The molecular formula is C26H30N2O4S.